The molecule has 7 nitrogen and oxygen atoms in total. The Morgan fingerprint density at radius 3 is 2.88 bits per heavy atom. The number of rotatable bonds is 3. The van der Waals surface area contributed by atoms with Crippen LogP contribution in [0.25, 0.3) is 33.7 Å². The molecule has 4 aromatic rings. The van der Waals surface area contributed by atoms with E-state index in [1.165, 1.54) is 0 Å². The van der Waals surface area contributed by atoms with Crippen LogP contribution in [0.3, 0.4) is 0 Å². The average Bonchev–Trinajstić information content (AvgIpc) is 3.33. The normalized spacial score (nSPS) is 12.5. The zero-order valence-corrected chi connectivity index (χ0v) is 13.9. The number of aromatic nitrogens is 4. The first-order valence-electron chi connectivity index (χ1n) is 8.07. The summed E-state index contributed by atoms with van der Waals surface area (Å²) in [5.74, 6) is 2.22. The molecule has 26 heavy (non-hydrogen) atoms. The molecule has 3 heterocycles. The van der Waals surface area contributed by atoms with Crippen molar-refractivity contribution in [3.05, 3.63) is 48.7 Å². The van der Waals surface area contributed by atoms with Crippen molar-refractivity contribution in [2.75, 3.05) is 13.9 Å². The molecule has 0 saturated heterocycles. The Labute approximate surface area is 148 Å². The molecular weight excluding hydrogens is 332 g/mol. The Hall–Kier alpha value is -3.61. The van der Waals surface area contributed by atoms with Crippen LogP contribution in [0.15, 0.2) is 48.7 Å². The first-order chi connectivity index (χ1) is 12.8. The maximum absolute atomic E-state index is 5.46. The number of nitrogens with one attached hydrogen (secondary N) is 1. The van der Waals surface area contributed by atoms with Crippen molar-refractivity contribution in [3.8, 4) is 39.8 Å². The van der Waals surface area contributed by atoms with Crippen LogP contribution in [0.5, 0.6) is 17.2 Å². The lowest BCUT2D eigenvalue weighted by Crippen LogP contribution is -1.92. The van der Waals surface area contributed by atoms with Crippen molar-refractivity contribution in [2.45, 2.75) is 0 Å². The van der Waals surface area contributed by atoms with Gasteiger partial charge in [0.15, 0.2) is 17.1 Å². The van der Waals surface area contributed by atoms with Gasteiger partial charge in [0, 0.05) is 11.1 Å². The van der Waals surface area contributed by atoms with Crippen LogP contribution in [-0.4, -0.2) is 34.1 Å². The van der Waals surface area contributed by atoms with Gasteiger partial charge >= 0.3 is 0 Å². The number of methoxy groups -OCH3 is 1. The summed E-state index contributed by atoms with van der Waals surface area (Å²) in [6, 6.07) is 13.5. The zero-order chi connectivity index (χ0) is 17.5. The van der Waals surface area contributed by atoms with E-state index in [9.17, 15) is 0 Å². The van der Waals surface area contributed by atoms with Gasteiger partial charge in [0.25, 0.3) is 0 Å². The second-order valence-corrected chi connectivity index (χ2v) is 5.83. The van der Waals surface area contributed by atoms with Gasteiger partial charge in [-0.3, -0.25) is 5.10 Å². The van der Waals surface area contributed by atoms with E-state index in [2.05, 4.69) is 15.2 Å². The van der Waals surface area contributed by atoms with Gasteiger partial charge in [0.05, 0.1) is 24.7 Å². The maximum Gasteiger partial charge on any atom is 0.231 e. The van der Waals surface area contributed by atoms with E-state index in [1.54, 1.807) is 13.3 Å². The maximum atomic E-state index is 5.46. The summed E-state index contributed by atoms with van der Waals surface area (Å²) < 4.78 is 16.1. The molecular formula is C19H14N4O3. The summed E-state index contributed by atoms with van der Waals surface area (Å²) in [6.07, 6.45) is 1.71. The molecule has 0 unspecified atom stereocenters. The lowest BCUT2D eigenvalue weighted by atomic mass is 10.1. The number of aromatic amines is 1. The average molecular weight is 346 g/mol. The topological polar surface area (TPSA) is 82.2 Å². The highest BCUT2D eigenvalue weighted by Gasteiger charge is 2.17. The number of benzene rings is 2. The second-order valence-electron chi connectivity index (χ2n) is 5.83. The third-order valence-electron chi connectivity index (χ3n) is 4.29. The SMILES string of the molecule is COc1cccc(-c2cnc3n[nH]c(-c4ccc5c(c4)OCO5)c3n2)c1. The molecule has 0 radical (unpaired) electrons. The summed E-state index contributed by atoms with van der Waals surface area (Å²) in [7, 11) is 1.64. The predicted molar refractivity (Wildman–Crippen MR) is 95.2 cm³/mol. The first-order valence-corrected chi connectivity index (χ1v) is 8.07. The Morgan fingerprint density at radius 2 is 1.96 bits per heavy atom. The molecule has 0 atom stereocenters. The van der Waals surface area contributed by atoms with Crippen LogP contribution in [0.4, 0.5) is 0 Å². The fourth-order valence-corrected chi connectivity index (χ4v) is 2.97. The fraction of sp³-hybridized carbons (Fsp3) is 0.105. The van der Waals surface area contributed by atoms with E-state index in [-0.39, 0.29) is 6.79 Å². The quantitative estimate of drug-likeness (QED) is 0.612. The van der Waals surface area contributed by atoms with Gasteiger partial charge in [-0.25, -0.2) is 9.97 Å². The molecule has 1 aliphatic rings. The van der Waals surface area contributed by atoms with Crippen LogP contribution in [0.1, 0.15) is 0 Å². The molecule has 128 valence electrons. The minimum atomic E-state index is 0.238. The zero-order valence-electron chi connectivity index (χ0n) is 13.9. The second kappa shape index (κ2) is 5.73. The van der Waals surface area contributed by atoms with Crippen molar-refractivity contribution in [1.29, 1.82) is 0 Å². The van der Waals surface area contributed by atoms with Crippen LogP contribution in [0, 0.1) is 0 Å². The van der Waals surface area contributed by atoms with E-state index >= 15 is 0 Å². The summed E-state index contributed by atoms with van der Waals surface area (Å²) in [5.41, 5.74) is 4.63. The molecule has 0 fully saturated rings. The smallest absolute Gasteiger partial charge is 0.231 e. The van der Waals surface area contributed by atoms with Crippen LogP contribution in [-0.2, 0) is 0 Å². The van der Waals surface area contributed by atoms with Crippen molar-refractivity contribution < 1.29 is 14.2 Å². The molecule has 0 aliphatic carbocycles. The molecule has 0 amide bonds. The monoisotopic (exact) mass is 346 g/mol. The Balaban J connectivity index is 1.63. The minimum absolute atomic E-state index is 0.238. The first kappa shape index (κ1) is 14.7. The Bertz CT molecular complexity index is 1120. The molecule has 0 spiro atoms. The summed E-state index contributed by atoms with van der Waals surface area (Å²) in [5, 5.41) is 7.29. The highest BCUT2D eigenvalue weighted by molar-refractivity contribution is 5.89. The van der Waals surface area contributed by atoms with Gasteiger partial charge in [-0.1, -0.05) is 12.1 Å². The van der Waals surface area contributed by atoms with Gasteiger partial charge < -0.3 is 14.2 Å². The van der Waals surface area contributed by atoms with Gasteiger partial charge in [0.1, 0.15) is 11.3 Å². The standard InChI is InChI=1S/C19H14N4O3/c1-24-13-4-2-3-11(7-13)14-9-20-19-18(21-14)17(22-23-19)12-5-6-15-16(8-12)26-10-25-15/h2-9H,10H2,1H3,(H,20,22,23). The lowest BCUT2D eigenvalue weighted by Gasteiger charge is -2.05. The van der Waals surface area contributed by atoms with Crippen molar-refractivity contribution in [3.63, 3.8) is 0 Å². The summed E-state index contributed by atoms with van der Waals surface area (Å²) >= 11 is 0. The van der Waals surface area contributed by atoms with E-state index in [1.807, 2.05) is 42.5 Å². The van der Waals surface area contributed by atoms with Crippen LogP contribution >= 0.6 is 0 Å². The number of nitrogens with zero attached hydrogens (tertiary/aromatic N) is 3. The molecule has 1 N–H and O–H groups in total. The van der Waals surface area contributed by atoms with Crippen LogP contribution < -0.4 is 14.2 Å². The molecule has 5 rings (SSSR count). The summed E-state index contributed by atoms with van der Waals surface area (Å²) in [6.45, 7) is 0.238. The van der Waals surface area contributed by atoms with Gasteiger partial charge in [-0.2, -0.15) is 5.10 Å². The minimum Gasteiger partial charge on any atom is -0.497 e. The molecule has 0 bridgehead atoms. The molecule has 1 aliphatic heterocycles. The van der Waals surface area contributed by atoms with Gasteiger partial charge in [0.2, 0.25) is 6.79 Å². The third-order valence-corrected chi connectivity index (χ3v) is 4.29. The predicted octanol–water partition coefficient (Wildman–Crippen LogP) is 3.42. The number of fused-ring (bicyclic) bond motifs is 2. The van der Waals surface area contributed by atoms with Crippen molar-refractivity contribution in [2.24, 2.45) is 0 Å². The molecule has 0 saturated carbocycles. The number of hydrogen-bond acceptors (Lipinski definition) is 6. The molecule has 7 heteroatoms. The third kappa shape index (κ3) is 2.33. The fourth-order valence-electron chi connectivity index (χ4n) is 2.97. The number of H-pyrrole nitrogens is 1. The summed E-state index contributed by atoms with van der Waals surface area (Å²) in [4.78, 5) is 9.20. The van der Waals surface area contributed by atoms with E-state index in [4.69, 9.17) is 19.2 Å². The molecule has 2 aromatic carbocycles. The largest absolute Gasteiger partial charge is 0.497 e. The van der Waals surface area contributed by atoms with Crippen molar-refractivity contribution in [1.82, 2.24) is 20.2 Å². The van der Waals surface area contributed by atoms with E-state index in [0.29, 0.717) is 16.9 Å². The number of ether oxygens (including phenoxy) is 3. The van der Waals surface area contributed by atoms with Crippen LogP contribution in [0.2, 0.25) is 0 Å². The van der Waals surface area contributed by atoms with Gasteiger partial charge in [-0.05, 0) is 30.3 Å². The van der Waals surface area contributed by atoms with E-state index < -0.39 is 0 Å². The highest BCUT2D eigenvalue weighted by Crippen LogP contribution is 2.37. The van der Waals surface area contributed by atoms with Gasteiger partial charge in [-0.15, -0.1) is 0 Å². The highest BCUT2D eigenvalue weighted by atomic mass is 16.7. The van der Waals surface area contributed by atoms with Crippen molar-refractivity contribution >= 4 is 11.2 Å². The number of hydrogen-bond donors (Lipinski definition) is 1. The van der Waals surface area contributed by atoms with E-state index in [0.717, 1.165) is 34.0 Å². The Morgan fingerprint density at radius 1 is 1.04 bits per heavy atom. The molecule has 2 aromatic heterocycles. The Kier molecular flexibility index (Phi) is 3.24. The lowest BCUT2D eigenvalue weighted by molar-refractivity contribution is 0.174.